The summed E-state index contributed by atoms with van der Waals surface area (Å²) in [6.07, 6.45) is 5.59. The summed E-state index contributed by atoms with van der Waals surface area (Å²) in [4.78, 5) is 22.5. The lowest BCUT2D eigenvalue weighted by Crippen LogP contribution is -2.29. The number of hydrogen-bond donors (Lipinski definition) is 2. The average molecular weight is 364 g/mol. The van der Waals surface area contributed by atoms with Crippen LogP contribution in [-0.4, -0.2) is 35.6 Å². The van der Waals surface area contributed by atoms with Crippen molar-refractivity contribution in [3.63, 3.8) is 0 Å². The van der Waals surface area contributed by atoms with E-state index in [0.717, 1.165) is 35.4 Å². The van der Waals surface area contributed by atoms with Crippen LogP contribution in [-0.2, 0) is 0 Å². The van der Waals surface area contributed by atoms with Crippen LogP contribution < -0.4 is 15.0 Å². The van der Waals surface area contributed by atoms with E-state index < -0.39 is 0 Å². The minimum atomic E-state index is -0.206. The Morgan fingerprint density at radius 2 is 2.04 bits per heavy atom. The van der Waals surface area contributed by atoms with E-state index >= 15 is 0 Å². The van der Waals surface area contributed by atoms with Gasteiger partial charge in [-0.3, -0.25) is 4.79 Å². The van der Waals surface area contributed by atoms with Crippen molar-refractivity contribution in [1.29, 1.82) is 0 Å². The van der Waals surface area contributed by atoms with E-state index in [1.807, 2.05) is 49.5 Å². The Bertz CT molecular complexity index is 927. The number of rotatable bonds is 5. The molecule has 0 atom stereocenters. The number of benzene rings is 1. The van der Waals surface area contributed by atoms with Crippen LogP contribution in [0, 0.1) is 0 Å². The highest BCUT2D eigenvalue weighted by Gasteiger charge is 2.13. The summed E-state index contributed by atoms with van der Waals surface area (Å²) < 4.78 is 5.51. The highest BCUT2D eigenvalue weighted by atomic mass is 16.5. The third-order valence-electron chi connectivity index (χ3n) is 4.86. The van der Waals surface area contributed by atoms with Crippen molar-refractivity contribution in [2.45, 2.75) is 26.2 Å². The number of hydrogen-bond acceptors (Lipinski definition) is 4. The molecule has 6 heteroatoms. The molecule has 1 amide bonds. The topological polar surface area (TPSA) is 70.2 Å². The molecular formula is C21H24N4O2. The second-order valence-electron chi connectivity index (χ2n) is 6.77. The zero-order chi connectivity index (χ0) is 18.6. The maximum atomic E-state index is 12.6. The number of aromatic amines is 1. The maximum Gasteiger partial charge on any atom is 0.273 e. The summed E-state index contributed by atoms with van der Waals surface area (Å²) >= 11 is 0. The molecule has 6 nitrogen and oxygen atoms in total. The van der Waals surface area contributed by atoms with E-state index in [9.17, 15) is 4.79 Å². The van der Waals surface area contributed by atoms with Gasteiger partial charge in [-0.05, 0) is 56.5 Å². The predicted octanol–water partition coefficient (Wildman–Crippen LogP) is 4.20. The van der Waals surface area contributed by atoms with Crippen LogP contribution in [0.3, 0.4) is 0 Å². The van der Waals surface area contributed by atoms with E-state index in [1.165, 1.54) is 19.3 Å². The minimum absolute atomic E-state index is 0.206. The van der Waals surface area contributed by atoms with Gasteiger partial charge in [-0.15, -0.1) is 0 Å². The molecule has 1 aromatic carbocycles. The molecule has 1 aliphatic rings. The van der Waals surface area contributed by atoms with E-state index in [4.69, 9.17) is 4.74 Å². The molecule has 0 radical (unpaired) electrons. The quantitative estimate of drug-likeness (QED) is 0.712. The molecule has 0 bridgehead atoms. The number of fused-ring (bicyclic) bond motifs is 1. The lowest BCUT2D eigenvalue weighted by molar-refractivity contribution is 0.102. The van der Waals surface area contributed by atoms with Gasteiger partial charge in [0.1, 0.15) is 17.3 Å². The highest BCUT2D eigenvalue weighted by molar-refractivity contribution is 6.05. The second-order valence-corrected chi connectivity index (χ2v) is 6.77. The number of amides is 1. The number of piperidine rings is 1. The molecule has 27 heavy (non-hydrogen) atoms. The maximum absolute atomic E-state index is 12.6. The fourth-order valence-electron chi connectivity index (χ4n) is 3.47. The Morgan fingerprint density at radius 1 is 1.19 bits per heavy atom. The molecule has 1 fully saturated rings. The van der Waals surface area contributed by atoms with Gasteiger partial charge in [-0.2, -0.15) is 0 Å². The smallest absolute Gasteiger partial charge is 0.273 e. The van der Waals surface area contributed by atoms with Crippen LogP contribution in [0.1, 0.15) is 36.7 Å². The van der Waals surface area contributed by atoms with Crippen molar-refractivity contribution < 1.29 is 9.53 Å². The molecule has 0 spiro atoms. The van der Waals surface area contributed by atoms with Crippen LogP contribution >= 0.6 is 0 Å². The van der Waals surface area contributed by atoms with Crippen LogP contribution in [0.2, 0.25) is 0 Å². The van der Waals surface area contributed by atoms with Gasteiger partial charge >= 0.3 is 0 Å². The Kier molecular flexibility index (Phi) is 4.96. The van der Waals surface area contributed by atoms with Gasteiger partial charge < -0.3 is 19.9 Å². The predicted molar refractivity (Wildman–Crippen MR) is 108 cm³/mol. The van der Waals surface area contributed by atoms with E-state index in [-0.39, 0.29) is 5.91 Å². The van der Waals surface area contributed by atoms with Gasteiger partial charge in [0.25, 0.3) is 5.91 Å². The van der Waals surface area contributed by atoms with E-state index in [1.54, 1.807) is 0 Å². The number of H-pyrrole nitrogens is 1. The Morgan fingerprint density at radius 3 is 2.78 bits per heavy atom. The number of nitrogens with one attached hydrogen (secondary N) is 2. The van der Waals surface area contributed by atoms with Gasteiger partial charge in [-0.25, -0.2) is 4.98 Å². The first kappa shape index (κ1) is 17.4. The third-order valence-corrected chi connectivity index (χ3v) is 4.86. The number of ether oxygens (including phenoxy) is 1. The van der Waals surface area contributed by atoms with E-state index in [2.05, 4.69) is 20.2 Å². The molecule has 4 rings (SSSR count). The van der Waals surface area contributed by atoms with Crippen molar-refractivity contribution in [2.75, 3.05) is 29.9 Å². The average Bonchev–Trinajstić information content (AvgIpc) is 3.13. The van der Waals surface area contributed by atoms with E-state index in [0.29, 0.717) is 18.1 Å². The summed E-state index contributed by atoms with van der Waals surface area (Å²) in [7, 11) is 0. The number of pyridine rings is 1. The fourth-order valence-corrected chi connectivity index (χ4v) is 3.47. The van der Waals surface area contributed by atoms with Gasteiger partial charge in [0.15, 0.2) is 0 Å². The first-order valence-corrected chi connectivity index (χ1v) is 9.51. The number of carbonyl (C=O) groups excluding carboxylic acids is 1. The second kappa shape index (κ2) is 7.70. The summed E-state index contributed by atoms with van der Waals surface area (Å²) in [5.74, 6) is 1.13. The Labute approximate surface area is 158 Å². The molecule has 1 aliphatic heterocycles. The molecule has 0 aliphatic carbocycles. The van der Waals surface area contributed by atoms with Crippen LogP contribution in [0.4, 0.5) is 11.5 Å². The summed E-state index contributed by atoms with van der Waals surface area (Å²) in [6.45, 7) is 4.71. The summed E-state index contributed by atoms with van der Waals surface area (Å²) in [5.41, 5.74) is 2.49. The Balaban J connectivity index is 1.46. The van der Waals surface area contributed by atoms with Crippen molar-refractivity contribution in [3.8, 4) is 5.75 Å². The van der Waals surface area contributed by atoms with Crippen molar-refractivity contribution in [1.82, 2.24) is 9.97 Å². The SMILES string of the molecule is CCOc1ccc2cc(C(=O)Nc3ccc(N4CCCCC4)cn3)[nH]c2c1. The number of aromatic nitrogens is 2. The van der Waals surface area contributed by atoms with Crippen LogP contribution in [0.15, 0.2) is 42.6 Å². The van der Waals surface area contributed by atoms with Crippen molar-refractivity contribution >= 4 is 28.3 Å². The molecule has 1 saturated heterocycles. The van der Waals surface area contributed by atoms with Crippen LogP contribution in [0.25, 0.3) is 10.9 Å². The van der Waals surface area contributed by atoms with Crippen LogP contribution in [0.5, 0.6) is 5.75 Å². The molecule has 2 aromatic heterocycles. The lowest BCUT2D eigenvalue weighted by Gasteiger charge is -2.28. The largest absolute Gasteiger partial charge is 0.494 e. The molecule has 0 saturated carbocycles. The molecule has 140 valence electrons. The zero-order valence-corrected chi connectivity index (χ0v) is 15.5. The lowest BCUT2D eigenvalue weighted by atomic mass is 10.1. The third kappa shape index (κ3) is 3.89. The number of carbonyl (C=O) groups is 1. The van der Waals surface area contributed by atoms with Gasteiger partial charge in [0, 0.05) is 30.1 Å². The molecule has 2 N–H and O–H groups in total. The number of nitrogens with zero attached hydrogens (tertiary/aromatic N) is 2. The standard InChI is InChI=1S/C21H24N4O2/c1-2-27-17-8-6-15-12-19(23-18(15)13-17)21(26)24-20-9-7-16(14-22-20)25-10-4-3-5-11-25/h6-9,12-14,23H,2-5,10-11H2,1H3,(H,22,24,26). The first-order chi connectivity index (χ1) is 13.2. The molecular weight excluding hydrogens is 340 g/mol. The normalized spacial score (nSPS) is 14.3. The molecule has 3 heterocycles. The zero-order valence-electron chi connectivity index (χ0n) is 15.5. The van der Waals surface area contributed by atoms with Gasteiger partial charge in [0.2, 0.25) is 0 Å². The van der Waals surface area contributed by atoms with Gasteiger partial charge in [0.05, 0.1) is 18.5 Å². The highest BCUT2D eigenvalue weighted by Crippen LogP contribution is 2.23. The van der Waals surface area contributed by atoms with Gasteiger partial charge in [-0.1, -0.05) is 0 Å². The minimum Gasteiger partial charge on any atom is -0.494 e. The summed E-state index contributed by atoms with van der Waals surface area (Å²) in [6, 6.07) is 11.5. The first-order valence-electron chi connectivity index (χ1n) is 9.51. The Hall–Kier alpha value is -3.02. The van der Waals surface area contributed by atoms with Crippen molar-refractivity contribution in [3.05, 3.63) is 48.3 Å². The fraction of sp³-hybridized carbons (Fsp3) is 0.333. The summed E-state index contributed by atoms with van der Waals surface area (Å²) in [5, 5.41) is 3.83. The molecule has 0 unspecified atom stereocenters. The monoisotopic (exact) mass is 364 g/mol. The molecule has 3 aromatic rings. The van der Waals surface area contributed by atoms with Crippen molar-refractivity contribution in [2.24, 2.45) is 0 Å². The number of anilines is 2.